The predicted molar refractivity (Wildman–Crippen MR) is 101 cm³/mol. The first kappa shape index (κ1) is 21.0. The van der Waals surface area contributed by atoms with Gasteiger partial charge in [0.05, 0.1) is 12.1 Å². The van der Waals surface area contributed by atoms with E-state index in [9.17, 15) is 9.90 Å². The Morgan fingerprint density at radius 1 is 1.17 bits per heavy atom. The summed E-state index contributed by atoms with van der Waals surface area (Å²) >= 11 is 0. The second-order valence-electron chi connectivity index (χ2n) is 6.30. The molecular weight excluding hydrogens is 349 g/mol. The summed E-state index contributed by atoms with van der Waals surface area (Å²) in [6.07, 6.45) is 1.14. The molecule has 0 aromatic heterocycles. The van der Waals surface area contributed by atoms with Gasteiger partial charge in [-0.05, 0) is 31.4 Å². The number of rotatable bonds is 2. The van der Waals surface area contributed by atoms with Crippen molar-refractivity contribution in [1.29, 1.82) is 0 Å². The summed E-state index contributed by atoms with van der Waals surface area (Å²) in [7, 11) is 0. The largest absolute Gasteiger partial charge is 0.392 e. The number of aryl methyl sites for hydroxylation is 1. The molecule has 136 valence electrons. The van der Waals surface area contributed by atoms with E-state index in [1.807, 2.05) is 4.90 Å². The second kappa shape index (κ2) is 9.47. The number of aliphatic hydroxyl groups is 1. The number of para-hydroxylation sites is 1. The molecule has 0 spiro atoms. The lowest BCUT2D eigenvalue weighted by molar-refractivity contribution is -0.133. The number of carbonyl (C=O) groups is 1. The van der Waals surface area contributed by atoms with Crippen molar-refractivity contribution in [2.24, 2.45) is 0 Å². The maximum atomic E-state index is 12.5. The number of amides is 1. The molecule has 0 saturated carbocycles. The Hall–Kier alpha value is -1.01. The summed E-state index contributed by atoms with van der Waals surface area (Å²) in [5, 5.41) is 12.7. The van der Waals surface area contributed by atoms with Crippen LogP contribution in [-0.4, -0.2) is 60.8 Å². The number of benzene rings is 1. The van der Waals surface area contributed by atoms with Gasteiger partial charge >= 0.3 is 0 Å². The van der Waals surface area contributed by atoms with Crippen LogP contribution in [0.15, 0.2) is 24.3 Å². The lowest BCUT2D eigenvalue weighted by Crippen LogP contribution is -2.45. The molecule has 5 nitrogen and oxygen atoms in total. The molecule has 3 rings (SSSR count). The predicted octanol–water partition coefficient (Wildman–Crippen LogP) is 1.60. The maximum Gasteiger partial charge on any atom is 0.239 e. The van der Waals surface area contributed by atoms with Crippen LogP contribution in [0.1, 0.15) is 18.4 Å². The molecule has 2 aliphatic heterocycles. The van der Waals surface area contributed by atoms with Crippen LogP contribution < -0.4 is 10.2 Å². The Bertz CT molecular complexity index is 544. The van der Waals surface area contributed by atoms with Gasteiger partial charge in [-0.1, -0.05) is 18.2 Å². The number of anilines is 1. The quantitative estimate of drug-likeness (QED) is 0.824. The number of aliphatic hydroxyl groups excluding tert-OH is 1. The molecule has 2 heterocycles. The number of nitrogens with zero attached hydrogens (tertiary/aromatic N) is 2. The summed E-state index contributed by atoms with van der Waals surface area (Å²) in [6, 6.07) is 8.21. The number of hydrogen-bond acceptors (Lipinski definition) is 4. The van der Waals surface area contributed by atoms with E-state index in [0.29, 0.717) is 13.0 Å². The molecular formula is C17H27Cl2N3O2. The Kier molecular flexibility index (Phi) is 8.30. The average Bonchev–Trinajstić information content (AvgIpc) is 2.81. The van der Waals surface area contributed by atoms with Crippen LogP contribution in [0.4, 0.5) is 5.69 Å². The zero-order valence-electron chi connectivity index (χ0n) is 14.0. The fraction of sp³-hybridized carbons (Fsp3) is 0.588. The Labute approximate surface area is 156 Å². The smallest absolute Gasteiger partial charge is 0.239 e. The van der Waals surface area contributed by atoms with Gasteiger partial charge in [0, 0.05) is 38.4 Å². The van der Waals surface area contributed by atoms with Gasteiger partial charge in [-0.25, -0.2) is 0 Å². The lowest BCUT2D eigenvalue weighted by atomic mass is 10.1. The van der Waals surface area contributed by atoms with Crippen LogP contribution in [-0.2, 0) is 4.79 Å². The van der Waals surface area contributed by atoms with E-state index in [1.54, 1.807) is 0 Å². The van der Waals surface area contributed by atoms with E-state index in [1.165, 1.54) is 11.3 Å². The summed E-state index contributed by atoms with van der Waals surface area (Å²) < 4.78 is 0. The molecule has 7 heteroatoms. The first-order valence-electron chi connectivity index (χ1n) is 8.16. The molecule has 1 amide bonds. The van der Waals surface area contributed by atoms with Crippen LogP contribution in [0.2, 0.25) is 0 Å². The van der Waals surface area contributed by atoms with E-state index in [4.69, 9.17) is 0 Å². The monoisotopic (exact) mass is 375 g/mol. The first-order valence-corrected chi connectivity index (χ1v) is 8.16. The number of carbonyl (C=O) groups excluding carboxylic acids is 1. The molecule has 0 aliphatic carbocycles. The van der Waals surface area contributed by atoms with Gasteiger partial charge in [0.1, 0.15) is 0 Å². The van der Waals surface area contributed by atoms with Crippen LogP contribution in [0.3, 0.4) is 0 Å². The fourth-order valence-electron chi connectivity index (χ4n) is 3.42. The molecule has 0 bridgehead atoms. The molecule has 1 aromatic carbocycles. The highest BCUT2D eigenvalue weighted by molar-refractivity contribution is 5.85. The van der Waals surface area contributed by atoms with Gasteiger partial charge in [-0.3, -0.25) is 4.79 Å². The number of β-amino-alcohol motifs (C(OH)–C–C–N with tert-alkyl or cyclic N) is 1. The van der Waals surface area contributed by atoms with E-state index < -0.39 is 0 Å². The van der Waals surface area contributed by atoms with Crippen molar-refractivity contribution in [2.45, 2.75) is 31.9 Å². The Morgan fingerprint density at radius 3 is 2.58 bits per heavy atom. The summed E-state index contributed by atoms with van der Waals surface area (Å²) in [4.78, 5) is 16.9. The number of halogens is 2. The van der Waals surface area contributed by atoms with Crippen molar-refractivity contribution in [2.75, 3.05) is 37.6 Å². The highest BCUT2D eigenvalue weighted by Crippen LogP contribution is 2.21. The molecule has 2 atom stereocenters. The van der Waals surface area contributed by atoms with Gasteiger partial charge in [-0.15, -0.1) is 24.8 Å². The minimum absolute atomic E-state index is 0. The van der Waals surface area contributed by atoms with E-state index in [2.05, 4.69) is 41.4 Å². The molecule has 2 saturated heterocycles. The second-order valence-corrected chi connectivity index (χ2v) is 6.30. The van der Waals surface area contributed by atoms with Crippen molar-refractivity contribution in [3.63, 3.8) is 0 Å². The zero-order valence-corrected chi connectivity index (χ0v) is 15.6. The molecule has 24 heavy (non-hydrogen) atoms. The maximum absolute atomic E-state index is 12.5. The van der Waals surface area contributed by atoms with Gasteiger partial charge < -0.3 is 20.2 Å². The SMILES string of the molecule is Cc1ccccc1N1CCCN(C(=O)[C@@H]2C[C@@H](O)CN2)CC1.Cl.Cl. The zero-order chi connectivity index (χ0) is 15.5. The van der Waals surface area contributed by atoms with Crippen molar-refractivity contribution in [3.05, 3.63) is 29.8 Å². The van der Waals surface area contributed by atoms with Crippen molar-refractivity contribution in [3.8, 4) is 0 Å². The van der Waals surface area contributed by atoms with Gasteiger partial charge in [-0.2, -0.15) is 0 Å². The van der Waals surface area contributed by atoms with E-state index in [-0.39, 0.29) is 42.9 Å². The third-order valence-electron chi connectivity index (χ3n) is 4.67. The molecule has 0 unspecified atom stereocenters. The van der Waals surface area contributed by atoms with Crippen molar-refractivity contribution >= 4 is 36.4 Å². The molecule has 1 aromatic rings. The van der Waals surface area contributed by atoms with E-state index >= 15 is 0 Å². The first-order chi connectivity index (χ1) is 10.6. The standard InChI is InChI=1S/C17H25N3O2.2ClH/c1-13-5-2-3-6-16(13)19-7-4-8-20(10-9-19)17(22)15-11-14(21)12-18-15;;/h2-3,5-6,14-15,18,21H,4,7-12H2,1H3;2*1H/t14-,15+;;/m1../s1. The van der Waals surface area contributed by atoms with Crippen LogP contribution >= 0.6 is 24.8 Å². The molecule has 2 aliphatic rings. The average molecular weight is 376 g/mol. The topological polar surface area (TPSA) is 55.8 Å². The summed E-state index contributed by atoms with van der Waals surface area (Å²) in [5.74, 6) is 0.142. The summed E-state index contributed by atoms with van der Waals surface area (Å²) in [6.45, 7) is 6.06. The highest BCUT2D eigenvalue weighted by atomic mass is 35.5. The molecule has 0 radical (unpaired) electrons. The third kappa shape index (κ3) is 4.76. The van der Waals surface area contributed by atoms with E-state index in [0.717, 1.165) is 32.6 Å². The van der Waals surface area contributed by atoms with Crippen LogP contribution in [0.5, 0.6) is 0 Å². The van der Waals surface area contributed by atoms with Crippen molar-refractivity contribution in [1.82, 2.24) is 10.2 Å². The number of hydrogen-bond donors (Lipinski definition) is 2. The summed E-state index contributed by atoms with van der Waals surface area (Å²) in [5.41, 5.74) is 2.55. The molecule has 2 N–H and O–H groups in total. The Morgan fingerprint density at radius 2 is 1.92 bits per heavy atom. The van der Waals surface area contributed by atoms with Crippen molar-refractivity contribution < 1.29 is 9.90 Å². The third-order valence-corrected chi connectivity index (χ3v) is 4.67. The van der Waals surface area contributed by atoms with Gasteiger partial charge in [0.2, 0.25) is 5.91 Å². The molecule has 2 fully saturated rings. The Balaban J connectivity index is 0.00000144. The highest BCUT2D eigenvalue weighted by Gasteiger charge is 2.32. The van der Waals surface area contributed by atoms with Crippen LogP contribution in [0.25, 0.3) is 0 Å². The lowest BCUT2D eigenvalue weighted by Gasteiger charge is -2.26. The normalized spacial score (nSPS) is 23.9. The van der Waals surface area contributed by atoms with Crippen LogP contribution in [0, 0.1) is 6.92 Å². The number of nitrogens with one attached hydrogen (secondary N) is 1. The minimum Gasteiger partial charge on any atom is -0.392 e. The minimum atomic E-state index is -0.385. The van der Waals surface area contributed by atoms with Gasteiger partial charge in [0.15, 0.2) is 0 Å². The van der Waals surface area contributed by atoms with Gasteiger partial charge in [0.25, 0.3) is 0 Å². The fourth-order valence-corrected chi connectivity index (χ4v) is 3.42.